The Balaban J connectivity index is 2.70. The maximum absolute atomic E-state index is 12.1. The van der Waals surface area contributed by atoms with Gasteiger partial charge in [-0.2, -0.15) is 0 Å². The van der Waals surface area contributed by atoms with Crippen molar-refractivity contribution >= 4 is 11.9 Å². The number of benzene rings is 1. The number of hydrogen-bond donors (Lipinski definition) is 2. The van der Waals surface area contributed by atoms with E-state index in [4.69, 9.17) is 9.84 Å². The van der Waals surface area contributed by atoms with Crippen LogP contribution in [-0.2, 0) is 16.0 Å². The highest BCUT2D eigenvalue weighted by Crippen LogP contribution is 2.20. The third-order valence-electron chi connectivity index (χ3n) is 3.77. The molecule has 0 aromatic heterocycles. The normalized spacial score (nSPS) is 11.0. The molecular formula is C16H23NO4. The van der Waals surface area contributed by atoms with Crippen molar-refractivity contribution in [3.05, 3.63) is 29.8 Å². The number of ether oxygens (including phenoxy) is 1. The molecule has 0 spiro atoms. The number of carboxylic acids is 1. The van der Waals surface area contributed by atoms with E-state index >= 15 is 0 Å². The van der Waals surface area contributed by atoms with Crippen molar-refractivity contribution in [1.82, 2.24) is 5.32 Å². The highest BCUT2D eigenvalue weighted by molar-refractivity contribution is 5.80. The van der Waals surface area contributed by atoms with Gasteiger partial charge in [-0.05, 0) is 30.5 Å². The summed E-state index contributed by atoms with van der Waals surface area (Å²) in [6.07, 6.45) is 1.34. The van der Waals surface area contributed by atoms with Crippen LogP contribution >= 0.6 is 0 Å². The molecule has 21 heavy (non-hydrogen) atoms. The molecule has 116 valence electrons. The lowest BCUT2D eigenvalue weighted by molar-refractivity contribution is -0.139. The summed E-state index contributed by atoms with van der Waals surface area (Å²) >= 11 is 0. The van der Waals surface area contributed by atoms with Gasteiger partial charge in [-0.15, -0.1) is 0 Å². The molecule has 1 amide bonds. The van der Waals surface area contributed by atoms with Crippen molar-refractivity contribution in [2.24, 2.45) is 0 Å². The molecular weight excluding hydrogens is 270 g/mol. The highest BCUT2D eigenvalue weighted by Gasteiger charge is 2.30. The first-order valence-electron chi connectivity index (χ1n) is 7.10. The molecule has 1 aromatic carbocycles. The van der Waals surface area contributed by atoms with Crippen LogP contribution in [0.4, 0.5) is 0 Å². The number of carbonyl (C=O) groups is 2. The number of amides is 1. The van der Waals surface area contributed by atoms with E-state index in [-0.39, 0.29) is 18.7 Å². The second kappa shape index (κ2) is 7.67. The Hall–Kier alpha value is -2.04. The molecule has 0 aliphatic carbocycles. The summed E-state index contributed by atoms with van der Waals surface area (Å²) in [5.74, 6) is -0.324. The zero-order chi connectivity index (χ0) is 15.9. The van der Waals surface area contributed by atoms with E-state index in [9.17, 15) is 9.59 Å². The van der Waals surface area contributed by atoms with Crippen molar-refractivity contribution in [2.75, 3.05) is 7.11 Å². The quantitative estimate of drug-likeness (QED) is 0.771. The first-order chi connectivity index (χ1) is 9.94. The van der Waals surface area contributed by atoms with Crippen molar-refractivity contribution < 1.29 is 19.4 Å². The summed E-state index contributed by atoms with van der Waals surface area (Å²) in [6.45, 7) is 3.78. The Morgan fingerprint density at radius 2 is 1.76 bits per heavy atom. The Kier molecular flexibility index (Phi) is 6.21. The van der Waals surface area contributed by atoms with Gasteiger partial charge in [0.05, 0.1) is 20.0 Å². The Morgan fingerprint density at radius 1 is 1.19 bits per heavy atom. The Bertz CT molecular complexity index is 478. The fraction of sp³-hybridized carbons (Fsp3) is 0.500. The summed E-state index contributed by atoms with van der Waals surface area (Å²) < 4.78 is 5.07. The van der Waals surface area contributed by atoms with Crippen LogP contribution in [0.15, 0.2) is 24.3 Å². The minimum Gasteiger partial charge on any atom is -0.497 e. The molecule has 0 heterocycles. The molecule has 5 nitrogen and oxygen atoms in total. The molecule has 0 saturated carbocycles. The van der Waals surface area contributed by atoms with Crippen molar-refractivity contribution in [2.45, 2.75) is 45.1 Å². The molecule has 1 rings (SSSR count). The molecule has 0 radical (unpaired) electrons. The SMILES string of the molecule is CCC(CC)(CC(=O)O)NC(=O)Cc1ccc(OC)cc1. The molecule has 0 aliphatic heterocycles. The number of hydrogen-bond acceptors (Lipinski definition) is 3. The highest BCUT2D eigenvalue weighted by atomic mass is 16.5. The van der Waals surface area contributed by atoms with Gasteiger partial charge in [0.15, 0.2) is 0 Å². The molecule has 0 fully saturated rings. The van der Waals surface area contributed by atoms with E-state index in [2.05, 4.69) is 5.32 Å². The largest absolute Gasteiger partial charge is 0.497 e. The first-order valence-corrected chi connectivity index (χ1v) is 7.10. The van der Waals surface area contributed by atoms with Gasteiger partial charge >= 0.3 is 5.97 Å². The molecule has 5 heteroatoms. The number of aliphatic carboxylic acids is 1. The standard InChI is InChI=1S/C16H23NO4/c1-4-16(5-2,11-15(19)20)17-14(18)10-12-6-8-13(21-3)9-7-12/h6-9H,4-5,10-11H2,1-3H3,(H,17,18)(H,19,20). The first kappa shape index (κ1) is 17.0. The van der Waals surface area contributed by atoms with Crippen LogP contribution in [0.25, 0.3) is 0 Å². The van der Waals surface area contributed by atoms with E-state index in [0.29, 0.717) is 12.8 Å². The van der Waals surface area contributed by atoms with Crippen LogP contribution in [0.5, 0.6) is 5.75 Å². The number of rotatable bonds is 8. The fourth-order valence-electron chi connectivity index (χ4n) is 2.28. The lowest BCUT2D eigenvalue weighted by atomic mass is 9.88. The van der Waals surface area contributed by atoms with Crippen LogP contribution < -0.4 is 10.1 Å². The topological polar surface area (TPSA) is 75.6 Å². The number of carboxylic acid groups (broad SMARTS) is 1. The van der Waals surface area contributed by atoms with Gasteiger partial charge in [0.2, 0.25) is 5.91 Å². The zero-order valence-electron chi connectivity index (χ0n) is 12.8. The summed E-state index contributed by atoms with van der Waals surface area (Å²) in [6, 6.07) is 7.25. The van der Waals surface area contributed by atoms with Gasteiger partial charge in [0, 0.05) is 5.54 Å². The fourth-order valence-corrected chi connectivity index (χ4v) is 2.28. The predicted octanol–water partition coefficient (Wildman–Crippen LogP) is 2.39. The second-order valence-corrected chi connectivity index (χ2v) is 5.13. The van der Waals surface area contributed by atoms with Gasteiger partial charge in [0.1, 0.15) is 5.75 Å². The number of nitrogens with one attached hydrogen (secondary N) is 1. The summed E-state index contributed by atoms with van der Waals surface area (Å²) in [4.78, 5) is 23.1. The summed E-state index contributed by atoms with van der Waals surface area (Å²) in [7, 11) is 1.59. The molecule has 0 saturated heterocycles. The maximum atomic E-state index is 12.1. The molecule has 0 unspecified atom stereocenters. The predicted molar refractivity (Wildman–Crippen MR) is 80.4 cm³/mol. The van der Waals surface area contributed by atoms with Gasteiger partial charge in [-0.1, -0.05) is 26.0 Å². The smallest absolute Gasteiger partial charge is 0.305 e. The third-order valence-corrected chi connectivity index (χ3v) is 3.77. The second-order valence-electron chi connectivity index (χ2n) is 5.13. The molecule has 0 aliphatic rings. The molecule has 0 bridgehead atoms. The summed E-state index contributed by atoms with van der Waals surface area (Å²) in [5.41, 5.74) is 0.194. The van der Waals surface area contributed by atoms with Gasteiger partial charge in [-0.3, -0.25) is 9.59 Å². The van der Waals surface area contributed by atoms with Crippen LogP contribution in [0, 0.1) is 0 Å². The van der Waals surface area contributed by atoms with E-state index in [1.54, 1.807) is 19.2 Å². The zero-order valence-corrected chi connectivity index (χ0v) is 12.8. The van der Waals surface area contributed by atoms with E-state index in [1.165, 1.54) is 0 Å². The Morgan fingerprint density at radius 3 is 2.19 bits per heavy atom. The summed E-state index contributed by atoms with van der Waals surface area (Å²) in [5, 5.41) is 11.9. The van der Waals surface area contributed by atoms with E-state index in [1.807, 2.05) is 26.0 Å². The molecule has 1 aromatic rings. The van der Waals surface area contributed by atoms with Crippen LogP contribution in [0.2, 0.25) is 0 Å². The van der Waals surface area contributed by atoms with Crippen LogP contribution in [0.3, 0.4) is 0 Å². The van der Waals surface area contributed by atoms with Gasteiger partial charge < -0.3 is 15.2 Å². The monoisotopic (exact) mass is 293 g/mol. The number of carbonyl (C=O) groups excluding carboxylic acids is 1. The van der Waals surface area contributed by atoms with Crippen LogP contribution in [0.1, 0.15) is 38.7 Å². The minimum atomic E-state index is -0.900. The van der Waals surface area contributed by atoms with Crippen LogP contribution in [-0.4, -0.2) is 29.6 Å². The van der Waals surface area contributed by atoms with Crippen molar-refractivity contribution in [3.8, 4) is 5.75 Å². The van der Waals surface area contributed by atoms with Gasteiger partial charge in [-0.25, -0.2) is 0 Å². The third kappa shape index (κ3) is 5.10. The lowest BCUT2D eigenvalue weighted by Crippen LogP contribution is -2.49. The average molecular weight is 293 g/mol. The lowest BCUT2D eigenvalue weighted by Gasteiger charge is -2.31. The molecule has 2 N–H and O–H groups in total. The van der Waals surface area contributed by atoms with Crippen molar-refractivity contribution in [1.29, 1.82) is 0 Å². The Labute approximate surface area is 125 Å². The van der Waals surface area contributed by atoms with E-state index < -0.39 is 11.5 Å². The van der Waals surface area contributed by atoms with Gasteiger partial charge in [0.25, 0.3) is 0 Å². The average Bonchev–Trinajstić information content (AvgIpc) is 2.46. The maximum Gasteiger partial charge on any atom is 0.305 e. The van der Waals surface area contributed by atoms with Crippen molar-refractivity contribution in [3.63, 3.8) is 0 Å². The molecule has 0 atom stereocenters. The minimum absolute atomic E-state index is 0.0612. The van der Waals surface area contributed by atoms with E-state index in [0.717, 1.165) is 11.3 Å². The number of methoxy groups -OCH3 is 1.